The molecular formula is C46H65N5O7. The first-order chi connectivity index (χ1) is 27.6. The number of methoxy groups -OCH3 is 2. The van der Waals surface area contributed by atoms with E-state index in [-0.39, 0.29) is 24.9 Å². The van der Waals surface area contributed by atoms with Crippen molar-refractivity contribution in [3.05, 3.63) is 70.9 Å². The summed E-state index contributed by atoms with van der Waals surface area (Å²) < 4.78 is 12.3. The maximum Gasteiger partial charge on any atom is 0.322 e. The Morgan fingerprint density at radius 3 is 2.47 bits per heavy atom. The molecule has 12 nitrogen and oxygen atoms in total. The molecule has 1 aromatic heterocycles. The Morgan fingerprint density at radius 2 is 1.83 bits per heavy atom. The van der Waals surface area contributed by atoms with E-state index in [1.165, 1.54) is 7.11 Å². The summed E-state index contributed by atoms with van der Waals surface area (Å²) in [5, 5.41) is 38.4. The van der Waals surface area contributed by atoms with Crippen LogP contribution in [0.25, 0.3) is 10.9 Å². The van der Waals surface area contributed by atoms with Gasteiger partial charge in [-0.1, -0.05) is 63.5 Å². The molecule has 58 heavy (non-hydrogen) atoms. The number of likely N-dealkylation sites (N-methyl/N-ethyl adjacent to an activating group) is 1. The molecule has 4 aliphatic rings. The number of aromatic nitrogens is 1. The number of aliphatic hydroxyl groups is 3. The van der Waals surface area contributed by atoms with Gasteiger partial charge in [-0.3, -0.25) is 9.59 Å². The van der Waals surface area contributed by atoms with Gasteiger partial charge in [-0.2, -0.15) is 0 Å². The van der Waals surface area contributed by atoms with Crippen molar-refractivity contribution in [2.45, 2.75) is 125 Å². The third kappa shape index (κ3) is 5.36. The summed E-state index contributed by atoms with van der Waals surface area (Å²) in [6.45, 7) is 6.07. The van der Waals surface area contributed by atoms with Gasteiger partial charge in [0.25, 0.3) is 5.91 Å². The fourth-order valence-corrected chi connectivity index (χ4v) is 13.0. The molecular weight excluding hydrogens is 735 g/mol. The van der Waals surface area contributed by atoms with Gasteiger partial charge in [-0.15, -0.1) is 0 Å². The van der Waals surface area contributed by atoms with E-state index in [1.807, 2.05) is 69.1 Å². The molecule has 1 spiro atoms. The Hall–Kier alpha value is -3.94. The maximum atomic E-state index is 15.3. The molecule has 1 aliphatic heterocycles. The van der Waals surface area contributed by atoms with Crippen LogP contribution in [0.4, 0.5) is 5.69 Å². The molecule has 0 unspecified atom stereocenters. The van der Waals surface area contributed by atoms with Crippen molar-refractivity contribution < 1.29 is 34.4 Å². The fraction of sp³-hybridized carbons (Fsp3) is 0.609. The van der Waals surface area contributed by atoms with Crippen LogP contribution in [-0.2, 0) is 31.6 Å². The number of carbonyl (C=O) groups is 2. The summed E-state index contributed by atoms with van der Waals surface area (Å²) in [5.74, 6) is -1.44. The zero-order chi connectivity index (χ0) is 42.1. The monoisotopic (exact) mass is 799 g/mol. The minimum absolute atomic E-state index is 0.0895. The molecule has 0 radical (unpaired) electrons. The fourth-order valence-electron chi connectivity index (χ4n) is 13.0. The number of benzene rings is 2. The van der Waals surface area contributed by atoms with Crippen molar-refractivity contribution in [3.63, 3.8) is 0 Å². The summed E-state index contributed by atoms with van der Waals surface area (Å²) in [6.07, 6.45) is 9.06. The van der Waals surface area contributed by atoms with Gasteiger partial charge >= 0.3 is 5.97 Å². The minimum Gasteiger partial charge on any atom is -0.496 e. The summed E-state index contributed by atoms with van der Waals surface area (Å²) in [7, 11) is 4.85. The van der Waals surface area contributed by atoms with Crippen molar-refractivity contribution in [2.75, 3.05) is 39.3 Å². The number of anilines is 1. The van der Waals surface area contributed by atoms with Crippen LogP contribution >= 0.6 is 0 Å². The van der Waals surface area contributed by atoms with E-state index in [4.69, 9.17) is 26.7 Å². The number of fused-ring (bicyclic) bond motifs is 4. The van der Waals surface area contributed by atoms with E-state index >= 15 is 4.79 Å². The number of nitrogens with zero attached hydrogens (tertiary/aromatic N) is 1. The lowest BCUT2D eigenvalue weighted by atomic mass is 9.41. The number of H-pyrrole nitrogens is 1. The highest BCUT2D eigenvalue weighted by atomic mass is 16.5. The number of primary amides is 1. The number of nitrogens with one attached hydrogen (secondary N) is 1. The summed E-state index contributed by atoms with van der Waals surface area (Å²) in [6, 6.07) is 12.1. The Labute approximate surface area is 342 Å². The van der Waals surface area contributed by atoms with Crippen LogP contribution in [0.2, 0.25) is 0 Å². The van der Waals surface area contributed by atoms with Gasteiger partial charge in [-0.25, -0.2) is 0 Å². The summed E-state index contributed by atoms with van der Waals surface area (Å²) >= 11 is 0. The average molecular weight is 800 g/mol. The maximum absolute atomic E-state index is 15.3. The second-order valence-corrected chi connectivity index (χ2v) is 18.0. The number of hydrogen-bond acceptors (Lipinski definition) is 10. The van der Waals surface area contributed by atoms with Crippen LogP contribution in [0.15, 0.2) is 48.6 Å². The molecule has 316 valence electrons. The number of nitrogens with two attached hydrogens (primary N) is 3. The Morgan fingerprint density at radius 1 is 1.09 bits per heavy atom. The van der Waals surface area contributed by atoms with E-state index in [1.54, 1.807) is 7.11 Å². The van der Waals surface area contributed by atoms with E-state index in [9.17, 15) is 20.1 Å². The highest BCUT2D eigenvalue weighted by Gasteiger charge is 2.82. The summed E-state index contributed by atoms with van der Waals surface area (Å²) in [5.41, 5.74) is 15.0. The van der Waals surface area contributed by atoms with E-state index in [0.717, 1.165) is 65.5 Å². The third-order valence-corrected chi connectivity index (χ3v) is 16.0. The highest BCUT2D eigenvalue weighted by molar-refractivity contribution is 5.95. The van der Waals surface area contributed by atoms with Crippen LogP contribution in [0.3, 0.4) is 0 Å². The number of para-hydroxylation sites is 1. The first kappa shape index (κ1) is 42.2. The van der Waals surface area contributed by atoms with Gasteiger partial charge in [0.05, 0.1) is 25.4 Å². The lowest BCUT2D eigenvalue weighted by Crippen LogP contribution is -2.84. The molecule has 0 bridgehead atoms. The topological polar surface area (TPSA) is 210 Å². The van der Waals surface area contributed by atoms with Crippen molar-refractivity contribution in [3.8, 4) is 5.75 Å². The van der Waals surface area contributed by atoms with Gasteiger partial charge in [0.1, 0.15) is 17.3 Å². The normalized spacial score (nSPS) is 34.3. The van der Waals surface area contributed by atoms with Crippen molar-refractivity contribution >= 4 is 28.5 Å². The van der Waals surface area contributed by atoms with Crippen LogP contribution in [0, 0.1) is 17.3 Å². The number of amides is 1. The molecule has 2 saturated carbocycles. The van der Waals surface area contributed by atoms with Crippen LogP contribution in [0.5, 0.6) is 5.75 Å². The van der Waals surface area contributed by atoms with Gasteiger partial charge in [-0.05, 0) is 93.4 Å². The lowest BCUT2D eigenvalue weighted by molar-refractivity contribution is -0.222. The SMILES string of the molecule is CC[C@@](O)(CN)C[C@H]1CCCCc2c([nH]c3ccccc23)[C@@](C(=O)OC)(c2cc3c(cc2OC)N(C)[C@@]2(C)[C@@](O)(C(N)=O)[C@H](O)[C@@](/C=C\CN)(CC)[C@@H]4CCC[C@@]342)C1. The Kier molecular flexibility index (Phi) is 10.9. The highest BCUT2D eigenvalue weighted by Crippen LogP contribution is 2.74. The summed E-state index contributed by atoms with van der Waals surface area (Å²) in [4.78, 5) is 34.9. The Balaban J connectivity index is 1.61. The minimum atomic E-state index is -2.41. The average Bonchev–Trinajstić information content (AvgIpc) is 3.91. The van der Waals surface area contributed by atoms with Gasteiger partial charge in [0.2, 0.25) is 0 Å². The zero-order valence-corrected chi connectivity index (χ0v) is 35.2. The van der Waals surface area contributed by atoms with Gasteiger partial charge in [0.15, 0.2) is 5.60 Å². The van der Waals surface area contributed by atoms with Gasteiger partial charge < -0.3 is 51.9 Å². The molecule has 12 heteroatoms. The number of aryl methyl sites for hydroxylation is 1. The quantitative estimate of drug-likeness (QED) is 0.106. The molecule has 3 aliphatic carbocycles. The van der Waals surface area contributed by atoms with Crippen molar-refractivity contribution in [2.24, 2.45) is 34.5 Å². The number of aliphatic hydroxyl groups excluding tert-OH is 1. The lowest BCUT2D eigenvalue weighted by Gasteiger charge is -2.66. The van der Waals surface area contributed by atoms with Crippen LogP contribution < -0.4 is 26.8 Å². The predicted molar refractivity (Wildman–Crippen MR) is 226 cm³/mol. The molecule has 1 amide bonds. The van der Waals surface area contributed by atoms with Crippen LogP contribution in [0.1, 0.15) is 107 Å². The van der Waals surface area contributed by atoms with E-state index < -0.39 is 51.0 Å². The van der Waals surface area contributed by atoms with Crippen molar-refractivity contribution in [1.29, 1.82) is 0 Å². The molecule has 10 N–H and O–H groups in total. The molecule has 0 saturated heterocycles. The number of esters is 1. The number of carbonyl (C=O) groups excluding carboxylic acids is 2. The smallest absolute Gasteiger partial charge is 0.322 e. The number of aromatic amines is 1. The van der Waals surface area contributed by atoms with E-state index in [2.05, 4.69) is 17.1 Å². The second kappa shape index (κ2) is 15.0. The predicted octanol–water partition coefficient (Wildman–Crippen LogP) is 4.61. The standard InChI is InChI=1S/C46H65N5O7/c1-7-42(55,27-48)25-28-15-9-10-17-30-29-16-11-12-18-33(29)50-37(30)44(26-28,40(54)58-6)32-23-31-34(24-35(32)57-5)51(4)41(3)45(31)21-13-19-36(45)43(8-2,20-14-22-47)38(52)46(41,56)39(49)53/h11-12,14,16,18,20,23-24,28,36,38,50,52,55-56H,7-10,13,15,17,19,21-22,25-27,47-48H2,1-6H3,(H2,49,53)/b20-14-/t28-,36+,38-,41-,42+,43-,44+,45-,46+/m1/s1. The molecule has 3 aromatic rings. The number of hydrogen-bond donors (Lipinski definition) is 7. The molecule has 7 rings (SSSR count). The number of rotatable bonds is 11. The second-order valence-electron chi connectivity index (χ2n) is 18.0. The van der Waals surface area contributed by atoms with Gasteiger partial charge in [0, 0.05) is 64.9 Å². The Bertz CT molecular complexity index is 2100. The van der Waals surface area contributed by atoms with Crippen molar-refractivity contribution in [1.82, 2.24) is 4.98 Å². The molecule has 2 heterocycles. The zero-order valence-electron chi connectivity index (χ0n) is 35.2. The first-order valence-corrected chi connectivity index (χ1v) is 21.3. The van der Waals surface area contributed by atoms with Crippen LogP contribution in [-0.4, -0.2) is 89.4 Å². The molecule has 2 aromatic carbocycles. The largest absolute Gasteiger partial charge is 0.496 e. The number of ether oxygens (including phenoxy) is 2. The molecule has 9 atom stereocenters. The molecule has 2 fully saturated rings. The first-order valence-electron chi connectivity index (χ1n) is 21.3. The van der Waals surface area contributed by atoms with E-state index in [0.29, 0.717) is 49.8 Å². The third-order valence-electron chi connectivity index (χ3n) is 16.0.